The first-order valence-corrected chi connectivity index (χ1v) is 7.19. The standard InChI is InChI=1S/C8HF17NO2S.H3N/c9-1(10,3(13,14)5(17,18)7(21,22)23)2(11,12)4(15,16)6(19,20)8(24,25)29(26,27)28;/h(H-,26,27,28);1H3/q-1;/p+1. The fourth-order valence-corrected chi connectivity index (χ4v) is 1.78. The van der Waals surface area contributed by atoms with E-state index in [1.54, 1.807) is 0 Å². The monoisotopic (exact) mass is 516 g/mol. The second kappa shape index (κ2) is 7.10. The molecule has 0 radical (unpaired) electrons. The second-order valence-corrected chi connectivity index (χ2v) is 6.48. The van der Waals surface area contributed by atoms with Crippen molar-refractivity contribution in [2.45, 2.75) is 47.0 Å². The van der Waals surface area contributed by atoms with Gasteiger partial charge in [-0.3, -0.25) is 0 Å². The lowest BCUT2D eigenvalue weighted by atomic mass is 9.91. The smallest absolute Gasteiger partial charge is 0.460 e. The molecular weight excluding hydrogens is 511 g/mol. The summed E-state index contributed by atoms with van der Waals surface area (Å²) in [6.07, 6.45) is -7.87. The van der Waals surface area contributed by atoms with E-state index < -0.39 is 57.0 Å². The fraction of sp³-hybridized carbons (Fsp3) is 1.00. The van der Waals surface area contributed by atoms with Crippen molar-refractivity contribution >= 4 is 10.0 Å². The number of hydrogen-bond donors (Lipinski definition) is 1. The molecule has 4 nitrogen and oxygen atoms in total. The summed E-state index contributed by atoms with van der Waals surface area (Å²) in [6, 6.07) is 0. The molecular formula is C8H5F17N2O2S. The molecule has 0 unspecified atom stereocenters. The van der Waals surface area contributed by atoms with Crippen LogP contribution in [0.5, 0.6) is 0 Å². The molecule has 0 heterocycles. The summed E-state index contributed by atoms with van der Waals surface area (Å²) in [6.45, 7) is 0. The average molecular weight is 516 g/mol. The summed E-state index contributed by atoms with van der Waals surface area (Å²) in [5.74, 6) is -51.8. The zero-order valence-electron chi connectivity index (χ0n) is 13.2. The number of rotatable bonds is 7. The molecule has 0 aromatic rings. The topological polar surface area (TPSA) is 94.4 Å². The highest BCUT2D eigenvalue weighted by Gasteiger charge is 2.95. The molecule has 0 bridgehead atoms. The lowest BCUT2D eigenvalue weighted by Gasteiger charge is -2.42. The fourth-order valence-electron chi connectivity index (χ4n) is 1.32. The van der Waals surface area contributed by atoms with Gasteiger partial charge in [0.1, 0.15) is 10.0 Å². The number of alkyl halides is 17. The summed E-state index contributed by atoms with van der Waals surface area (Å²) in [7, 11) is -7.64. The largest absolute Gasteiger partial charge is 0.559 e. The lowest BCUT2D eigenvalue weighted by Crippen LogP contribution is -2.74. The van der Waals surface area contributed by atoms with Crippen LogP contribution in [0.4, 0.5) is 74.6 Å². The Balaban J connectivity index is 0. The van der Waals surface area contributed by atoms with Gasteiger partial charge in [-0.05, 0) is 0 Å². The molecule has 5 N–H and O–H groups in total. The van der Waals surface area contributed by atoms with Crippen LogP contribution in [-0.4, -0.2) is 55.4 Å². The average Bonchev–Trinajstić information content (AvgIpc) is 2.43. The van der Waals surface area contributed by atoms with Crippen LogP contribution in [0.2, 0.25) is 0 Å². The molecule has 0 fully saturated rings. The van der Waals surface area contributed by atoms with Gasteiger partial charge in [0.15, 0.2) is 0 Å². The predicted octanol–water partition coefficient (Wildman–Crippen LogP) is 5.71. The molecule has 184 valence electrons. The number of halogens is 17. The Morgan fingerprint density at radius 1 is 0.433 bits per heavy atom. The van der Waals surface area contributed by atoms with Crippen LogP contribution in [0.25, 0.3) is 5.14 Å². The van der Waals surface area contributed by atoms with Crippen LogP contribution in [0.3, 0.4) is 0 Å². The molecule has 0 aromatic heterocycles. The van der Waals surface area contributed by atoms with Gasteiger partial charge in [0.25, 0.3) is 0 Å². The van der Waals surface area contributed by atoms with Gasteiger partial charge in [-0.2, -0.15) is 74.6 Å². The Labute approximate surface area is 152 Å². The quantitative estimate of drug-likeness (QED) is 0.439. The third-order valence-electron chi connectivity index (χ3n) is 3.03. The minimum absolute atomic E-state index is 0. The zero-order valence-corrected chi connectivity index (χ0v) is 14.0. The van der Waals surface area contributed by atoms with Gasteiger partial charge in [-0.25, -0.2) is 8.42 Å². The van der Waals surface area contributed by atoms with Crippen LogP contribution in [0, 0.1) is 0 Å². The molecule has 0 aliphatic heterocycles. The van der Waals surface area contributed by atoms with Gasteiger partial charge in [0.2, 0.25) is 0 Å². The molecule has 0 saturated heterocycles. The molecule has 30 heavy (non-hydrogen) atoms. The highest BCUT2D eigenvalue weighted by molar-refractivity contribution is 7.94. The van der Waals surface area contributed by atoms with Gasteiger partial charge in [0, 0.05) is 0 Å². The Kier molecular flexibility index (Phi) is 7.31. The summed E-state index contributed by atoms with van der Waals surface area (Å²) in [5, 5.41) is -2.24. The Hall–Kier alpha value is -1.32. The van der Waals surface area contributed by atoms with Gasteiger partial charge < -0.3 is 11.3 Å². The van der Waals surface area contributed by atoms with E-state index >= 15 is 0 Å². The SMILES string of the molecule is [NH-]S(=O)(=O)C(F)(F)C(F)(F)C(F)(F)C(F)(F)C(F)(F)C(F)(F)C(F)(F)C(F)(F)F.[NH4+]. The van der Waals surface area contributed by atoms with E-state index in [2.05, 4.69) is 0 Å². The first-order chi connectivity index (χ1) is 12.0. The van der Waals surface area contributed by atoms with Crippen LogP contribution in [-0.2, 0) is 10.0 Å². The third-order valence-corrected chi connectivity index (χ3v) is 3.96. The molecule has 0 saturated carbocycles. The number of hydrogen-bond acceptors (Lipinski definition) is 2. The van der Waals surface area contributed by atoms with Crippen LogP contribution in [0.15, 0.2) is 0 Å². The predicted molar refractivity (Wildman–Crippen MR) is 59.9 cm³/mol. The normalized spacial score (nSPS) is 16.3. The molecule has 0 spiro atoms. The van der Waals surface area contributed by atoms with Gasteiger partial charge in [-0.15, -0.1) is 0 Å². The Morgan fingerprint density at radius 2 is 0.633 bits per heavy atom. The van der Waals surface area contributed by atoms with Crippen molar-refractivity contribution in [1.82, 2.24) is 6.15 Å². The number of sulfonamides is 1. The van der Waals surface area contributed by atoms with Crippen molar-refractivity contribution in [3.63, 3.8) is 0 Å². The van der Waals surface area contributed by atoms with Crippen molar-refractivity contribution in [2.24, 2.45) is 0 Å². The number of quaternary nitrogens is 1. The summed E-state index contributed by atoms with van der Waals surface area (Å²) >= 11 is 0. The second-order valence-electron chi connectivity index (χ2n) is 4.96. The van der Waals surface area contributed by atoms with Crippen LogP contribution in [0.1, 0.15) is 0 Å². The van der Waals surface area contributed by atoms with Gasteiger partial charge in [0.05, 0.1) is 0 Å². The van der Waals surface area contributed by atoms with Crippen molar-refractivity contribution in [1.29, 1.82) is 0 Å². The molecule has 0 amide bonds. The molecule has 0 aromatic carbocycles. The van der Waals surface area contributed by atoms with Crippen molar-refractivity contribution in [3.8, 4) is 0 Å². The zero-order chi connectivity index (χ0) is 24.5. The maximum Gasteiger partial charge on any atom is 0.460 e. The summed E-state index contributed by atoms with van der Waals surface area (Å²) in [5.41, 5.74) is 0. The molecule has 0 rings (SSSR count). The van der Waals surface area contributed by atoms with Gasteiger partial charge in [-0.1, -0.05) is 0 Å². The van der Waals surface area contributed by atoms with Crippen molar-refractivity contribution in [2.75, 3.05) is 0 Å². The van der Waals surface area contributed by atoms with E-state index in [0.29, 0.717) is 0 Å². The molecule has 0 aliphatic carbocycles. The van der Waals surface area contributed by atoms with E-state index in [1.165, 1.54) is 0 Å². The van der Waals surface area contributed by atoms with E-state index in [-0.39, 0.29) is 6.15 Å². The minimum atomic E-state index is -8.87. The molecule has 0 atom stereocenters. The maximum atomic E-state index is 13.1. The first kappa shape index (κ1) is 30.9. The van der Waals surface area contributed by atoms with E-state index in [0.717, 1.165) is 0 Å². The third kappa shape index (κ3) is 3.52. The maximum absolute atomic E-state index is 13.1. The summed E-state index contributed by atoms with van der Waals surface area (Å²) < 4.78 is 235. The van der Waals surface area contributed by atoms with E-state index in [1.807, 2.05) is 0 Å². The lowest BCUT2D eigenvalue weighted by molar-refractivity contribution is -0.458. The Bertz CT molecular complexity index is 739. The van der Waals surface area contributed by atoms with Gasteiger partial charge >= 0.3 is 47.0 Å². The van der Waals surface area contributed by atoms with Crippen molar-refractivity contribution in [3.05, 3.63) is 5.14 Å². The summed E-state index contributed by atoms with van der Waals surface area (Å²) in [4.78, 5) is 0. The molecule has 0 aliphatic rings. The highest BCUT2D eigenvalue weighted by Crippen LogP contribution is 2.64. The number of nitrogens with one attached hydrogen (secondary N) is 1. The first-order valence-electron chi connectivity index (χ1n) is 5.70. The Morgan fingerprint density at radius 3 is 0.833 bits per heavy atom. The molecule has 22 heteroatoms. The van der Waals surface area contributed by atoms with Crippen molar-refractivity contribution < 1.29 is 83.1 Å². The highest BCUT2D eigenvalue weighted by atomic mass is 32.2. The van der Waals surface area contributed by atoms with Crippen LogP contribution >= 0.6 is 0 Å². The van der Waals surface area contributed by atoms with E-state index in [9.17, 15) is 83.1 Å². The van der Waals surface area contributed by atoms with Crippen LogP contribution < -0.4 is 6.15 Å². The minimum Gasteiger partial charge on any atom is -0.559 e. The van der Waals surface area contributed by atoms with E-state index in [4.69, 9.17) is 5.14 Å².